The number of benzene rings is 1. The van der Waals surface area contributed by atoms with E-state index >= 15 is 0 Å². The SMILES string of the molecule is Cc1cccc(CN(C)CC(CN)CC(C)(C)C)c1. The van der Waals surface area contributed by atoms with Gasteiger partial charge in [0.25, 0.3) is 0 Å². The molecule has 0 bridgehead atoms. The lowest BCUT2D eigenvalue weighted by Crippen LogP contribution is -2.32. The van der Waals surface area contributed by atoms with Crippen molar-refractivity contribution in [1.82, 2.24) is 4.90 Å². The third-order valence-electron chi connectivity index (χ3n) is 3.34. The number of aryl methyl sites for hydroxylation is 1. The Bertz CT molecular complexity index is 379. The lowest BCUT2D eigenvalue weighted by molar-refractivity contribution is 0.216. The average molecular weight is 262 g/mol. The molecule has 1 rings (SSSR count). The molecule has 1 aromatic rings. The Morgan fingerprint density at radius 3 is 2.47 bits per heavy atom. The predicted molar refractivity (Wildman–Crippen MR) is 84.1 cm³/mol. The fourth-order valence-corrected chi connectivity index (χ4v) is 2.72. The molecule has 2 N–H and O–H groups in total. The molecule has 0 aliphatic carbocycles. The first kappa shape index (κ1) is 16.2. The van der Waals surface area contributed by atoms with Crippen molar-refractivity contribution >= 4 is 0 Å². The van der Waals surface area contributed by atoms with Crippen LogP contribution in [0.3, 0.4) is 0 Å². The zero-order valence-electron chi connectivity index (χ0n) is 13.2. The third kappa shape index (κ3) is 6.74. The molecule has 0 fully saturated rings. The lowest BCUT2D eigenvalue weighted by Gasteiger charge is -2.28. The first-order valence-electron chi connectivity index (χ1n) is 7.24. The molecular weight excluding hydrogens is 232 g/mol. The van der Waals surface area contributed by atoms with E-state index in [9.17, 15) is 0 Å². The van der Waals surface area contributed by atoms with Crippen LogP contribution in [-0.4, -0.2) is 25.0 Å². The molecule has 1 unspecified atom stereocenters. The highest BCUT2D eigenvalue weighted by Crippen LogP contribution is 2.24. The van der Waals surface area contributed by atoms with E-state index in [0.717, 1.165) is 19.6 Å². The van der Waals surface area contributed by atoms with Gasteiger partial charge >= 0.3 is 0 Å². The number of hydrogen-bond donors (Lipinski definition) is 1. The summed E-state index contributed by atoms with van der Waals surface area (Å²) < 4.78 is 0. The maximum atomic E-state index is 5.92. The Morgan fingerprint density at radius 2 is 1.95 bits per heavy atom. The Morgan fingerprint density at radius 1 is 1.26 bits per heavy atom. The average Bonchev–Trinajstić information content (AvgIpc) is 2.26. The molecule has 0 aromatic heterocycles. The van der Waals surface area contributed by atoms with Gasteiger partial charge in [-0.1, -0.05) is 50.6 Å². The fourth-order valence-electron chi connectivity index (χ4n) is 2.72. The van der Waals surface area contributed by atoms with Crippen LogP contribution in [0.4, 0.5) is 0 Å². The largest absolute Gasteiger partial charge is 0.330 e. The maximum absolute atomic E-state index is 5.92. The summed E-state index contributed by atoms with van der Waals surface area (Å²) in [7, 11) is 2.19. The number of rotatable bonds is 6. The molecule has 2 nitrogen and oxygen atoms in total. The van der Waals surface area contributed by atoms with Gasteiger partial charge in [0, 0.05) is 13.1 Å². The second kappa shape index (κ2) is 7.06. The van der Waals surface area contributed by atoms with Crippen molar-refractivity contribution in [1.29, 1.82) is 0 Å². The summed E-state index contributed by atoms with van der Waals surface area (Å²) in [6, 6.07) is 8.74. The first-order chi connectivity index (χ1) is 8.80. The van der Waals surface area contributed by atoms with E-state index in [0.29, 0.717) is 11.3 Å². The van der Waals surface area contributed by atoms with Crippen molar-refractivity contribution in [3.8, 4) is 0 Å². The minimum absolute atomic E-state index is 0.355. The summed E-state index contributed by atoms with van der Waals surface area (Å²) >= 11 is 0. The van der Waals surface area contributed by atoms with Gasteiger partial charge in [0.15, 0.2) is 0 Å². The molecule has 0 aliphatic heterocycles. The standard InChI is InChI=1S/C17H30N2/c1-14-7-6-8-15(9-14)12-19(5)13-16(11-18)10-17(2,3)4/h6-9,16H,10-13,18H2,1-5H3. The van der Waals surface area contributed by atoms with Crippen LogP contribution in [0.1, 0.15) is 38.3 Å². The van der Waals surface area contributed by atoms with Gasteiger partial charge in [-0.25, -0.2) is 0 Å². The summed E-state index contributed by atoms with van der Waals surface area (Å²) in [5.74, 6) is 0.579. The molecule has 19 heavy (non-hydrogen) atoms. The zero-order chi connectivity index (χ0) is 14.5. The smallest absolute Gasteiger partial charge is 0.0230 e. The van der Waals surface area contributed by atoms with Gasteiger partial charge in [0.2, 0.25) is 0 Å². The molecule has 0 spiro atoms. The monoisotopic (exact) mass is 262 g/mol. The second-order valence-electron chi connectivity index (χ2n) is 7.05. The van der Waals surface area contributed by atoms with Gasteiger partial charge in [0.05, 0.1) is 0 Å². The minimum Gasteiger partial charge on any atom is -0.330 e. The van der Waals surface area contributed by atoms with Crippen molar-refractivity contribution in [2.75, 3.05) is 20.1 Å². The maximum Gasteiger partial charge on any atom is 0.0230 e. The van der Waals surface area contributed by atoms with E-state index in [1.165, 1.54) is 17.5 Å². The summed E-state index contributed by atoms with van der Waals surface area (Å²) in [6.07, 6.45) is 1.18. The first-order valence-corrected chi connectivity index (χ1v) is 7.24. The van der Waals surface area contributed by atoms with Crippen LogP contribution in [0.25, 0.3) is 0 Å². The molecule has 0 saturated heterocycles. The van der Waals surface area contributed by atoms with Crippen molar-refractivity contribution in [2.24, 2.45) is 17.1 Å². The van der Waals surface area contributed by atoms with Gasteiger partial charge in [-0.15, -0.1) is 0 Å². The summed E-state index contributed by atoms with van der Waals surface area (Å²) in [5.41, 5.74) is 8.99. The molecule has 2 heteroatoms. The van der Waals surface area contributed by atoms with Crippen LogP contribution in [0.5, 0.6) is 0 Å². The fraction of sp³-hybridized carbons (Fsp3) is 0.647. The Labute approximate surface area is 119 Å². The van der Waals surface area contributed by atoms with Crippen LogP contribution >= 0.6 is 0 Å². The summed E-state index contributed by atoms with van der Waals surface area (Å²) in [4.78, 5) is 2.39. The molecule has 0 heterocycles. The van der Waals surface area contributed by atoms with Gasteiger partial charge in [-0.05, 0) is 43.8 Å². The van der Waals surface area contributed by atoms with Crippen LogP contribution in [0, 0.1) is 18.3 Å². The van der Waals surface area contributed by atoms with E-state index < -0.39 is 0 Å². The van der Waals surface area contributed by atoms with Gasteiger partial charge in [-0.3, -0.25) is 0 Å². The highest BCUT2D eigenvalue weighted by atomic mass is 15.1. The third-order valence-corrected chi connectivity index (χ3v) is 3.34. The van der Waals surface area contributed by atoms with Crippen LogP contribution in [0.15, 0.2) is 24.3 Å². The molecule has 0 saturated carbocycles. The Hall–Kier alpha value is -0.860. The number of hydrogen-bond acceptors (Lipinski definition) is 2. The van der Waals surface area contributed by atoms with Crippen LogP contribution in [0.2, 0.25) is 0 Å². The summed E-state index contributed by atoms with van der Waals surface area (Å²) in [6.45, 7) is 11.9. The summed E-state index contributed by atoms with van der Waals surface area (Å²) in [5, 5.41) is 0. The number of nitrogens with zero attached hydrogens (tertiary/aromatic N) is 1. The Balaban J connectivity index is 2.51. The molecule has 1 aromatic carbocycles. The van der Waals surface area contributed by atoms with E-state index in [1.54, 1.807) is 0 Å². The molecule has 0 aliphatic rings. The van der Waals surface area contributed by atoms with Crippen LogP contribution in [-0.2, 0) is 6.54 Å². The zero-order valence-corrected chi connectivity index (χ0v) is 13.2. The Kier molecular flexibility index (Phi) is 6.02. The van der Waals surface area contributed by atoms with Gasteiger partial charge < -0.3 is 10.6 Å². The van der Waals surface area contributed by atoms with Gasteiger partial charge in [-0.2, -0.15) is 0 Å². The van der Waals surface area contributed by atoms with E-state index in [-0.39, 0.29) is 0 Å². The minimum atomic E-state index is 0.355. The topological polar surface area (TPSA) is 29.3 Å². The quantitative estimate of drug-likeness (QED) is 0.851. The van der Waals surface area contributed by atoms with Crippen molar-refractivity contribution in [3.63, 3.8) is 0 Å². The van der Waals surface area contributed by atoms with Crippen LogP contribution < -0.4 is 5.73 Å². The van der Waals surface area contributed by atoms with Crippen molar-refractivity contribution in [2.45, 2.75) is 40.7 Å². The van der Waals surface area contributed by atoms with Gasteiger partial charge in [0.1, 0.15) is 0 Å². The molecule has 108 valence electrons. The lowest BCUT2D eigenvalue weighted by atomic mass is 9.84. The molecule has 1 atom stereocenters. The van der Waals surface area contributed by atoms with Crippen molar-refractivity contribution in [3.05, 3.63) is 35.4 Å². The highest BCUT2D eigenvalue weighted by molar-refractivity contribution is 5.21. The molecular formula is C17H30N2. The number of nitrogens with two attached hydrogens (primary N) is 1. The highest BCUT2D eigenvalue weighted by Gasteiger charge is 2.19. The molecule has 0 amide bonds. The second-order valence-corrected chi connectivity index (χ2v) is 7.05. The van der Waals surface area contributed by atoms with E-state index in [2.05, 4.69) is 63.9 Å². The normalized spacial score (nSPS) is 13.8. The van der Waals surface area contributed by atoms with E-state index in [4.69, 9.17) is 5.73 Å². The molecule has 0 radical (unpaired) electrons. The van der Waals surface area contributed by atoms with Crippen molar-refractivity contribution < 1.29 is 0 Å². The predicted octanol–water partition coefficient (Wildman–Crippen LogP) is 3.44. The van der Waals surface area contributed by atoms with E-state index in [1.807, 2.05) is 0 Å².